The number of carbonyl (C=O) groups is 2. The van der Waals surface area contributed by atoms with E-state index in [0.717, 1.165) is 5.39 Å². The number of ketones is 1. The largest absolute Gasteiger partial charge is 0.491 e. The third-order valence-corrected chi connectivity index (χ3v) is 5.57. The van der Waals surface area contributed by atoms with E-state index in [1.165, 1.54) is 4.57 Å². The van der Waals surface area contributed by atoms with Gasteiger partial charge in [-0.2, -0.15) is 0 Å². The molecule has 0 spiro atoms. The molecule has 0 saturated carbocycles. The number of amides is 1. The van der Waals surface area contributed by atoms with Crippen molar-refractivity contribution >= 4 is 28.2 Å². The lowest BCUT2D eigenvalue weighted by Crippen LogP contribution is -2.38. The highest BCUT2D eigenvalue weighted by Crippen LogP contribution is 2.33. The summed E-state index contributed by atoms with van der Waals surface area (Å²) < 4.78 is 12.6. The zero-order valence-electron chi connectivity index (χ0n) is 18.6. The summed E-state index contributed by atoms with van der Waals surface area (Å²) in [7, 11) is 0. The van der Waals surface area contributed by atoms with Crippen LogP contribution in [0, 0.1) is 0 Å². The van der Waals surface area contributed by atoms with Crippen molar-refractivity contribution in [2.75, 3.05) is 18.1 Å². The standard InChI is InChI=1S/C25H26N2O5/c1-5-26-21-13-18(6-9-22(21)31-14-23(26)28)24(29)16(4)27-11-10-17-12-19(32-15(2)3)7-8-20(17)25(27)30/h6-13,15-16H,5,14H2,1-4H3. The normalized spacial score (nSPS) is 14.3. The fraction of sp³-hybridized carbons (Fsp3) is 0.320. The Hall–Kier alpha value is -3.61. The highest BCUT2D eigenvalue weighted by Gasteiger charge is 2.27. The van der Waals surface area contributed by atoms with Crippen molar-refractivity contribution in [2.45, 2.75) is 39.8 Å². The molecule has 3 aromatic rings. The second kappa shape index (κ2) is 8.49. The van der Waals surface area contributed by atoms with Crippen molar-refractivity contribution < 1.29 is 19.1 Å². The van der Waals surface area contributed by atoms with Crippen LogP contribution >= 0.6 is 0 Å². The first-order valence-electron chi connectivity index (χ1n) is 10.7. The molecule has 0 aliphatic carbocycles. The Morgan fingerprint density at radius 1 is 1.09 bits per heavy atom. The minimum Gasteiger partial charge on any atom is -0.491 e. The van der Waals surface area contributed by atoms with Crippen molar-refractivity contribution in [2.24, 2.45) is 0 Å². The predicted octanol–water partition coefficient (Wildman–Crippen LogP) is 3.98. The van der Waals surface area contributed by atoms with Gasteiger partial charge in [-0.1, -0.05) is 0 Å². The van der Waals surface area contributed by atoms with Gasteiger partial charge in [0.25, 0.3) is 11.5 Å². The zero-order chi connectivity index (χ0) is 23.0. The van der Waals surface area contributed by atoms with Gasteiger partial charge < -0.3 is 18.9 Å². The number of ether oxygens (including phenoxy) is 2. The van der Waals surface area contributed by atoms with Crippen LogP contribution in [0.2, 0.25) is 0 Å². The van der Waals surface area contributed by atoms with Crippen LogP contribution in [-0.4, -0.2) is 35.5 Å². The van der Waals surface area contributed by atoms with Crippen molar-refractivity contribution in [3.8, 4) is 11.5 Å². The molecule has 1 unspecified atom stereocenters. The smallest absolute Gasteiger partial charge is 0.265 e. The molecule has 0 fully saturated rings. The van der Waals surface area contributed by atoms with Crippen molar-refractivity contribution in [1.29, 1.82) is 0 Å². The molecular weight excluding hydrogens is 408 g/mol. The predicted molar refractivity (Wildman–Crippen MR) is 123 cm³/mol. The van der Waals surface area contributed by atoms with E-state index in [-0.39, 0.29) is 30.0 Å². The van der Waals surface area contributed by atoms with Crippen molar-refractivity contribution in [3.63, 3.8) is 0 Å². The Bertz CT molecular complexity index is 1260. The van der Waals surface area contributed by atoms with Gasteiger partial charge in [0.1, 0.15) is 11.5 Å². The summed E-state index contributed by atoms with van der Waals surface area (Å²) in [5.41, 5.74) is 0.747. The summed E-state index contributed by atoms with van der Waals surface area (Å²) >= 11 is 0. The number of likely N-dealkylation sites (N-methyl/N-ethyl adjacent to an activating group) is 1. The summed E-state index contributed by atoms with van der Waals surface area (Å²) in [6.45, 7) is 7.92. The van der Waals surface area contributed by atoms with Gasteiger partial charge in [-0.25, -0.2) is 0 Å². The molecular formula is C25H26N2O5. The van der Waals surface area contributed by atoms with Gasteiger partial charge in [0.2, 0.25) is 0 Å². The second-order valence-corrected chi connectivity index (χ2v) is 8.09. The lowest BCUT2D eigenvalue weighted by molar-refractivity contribution is -0.121. The number of nitrogens with zero attached hydrogens (tertiary/aromatic N) is 2. The number of rotatable bonds is 6. The molecule has 0 saturated heterocycles. The van der Waals surface area contributed by atoms with E-state index < -0.39 is 6.04 Å². The molecule has 4 rings (SSSR count). The molecule has 2 heterocycles. The van der Waals surface area contributed by atoms with Gasteiger partial charge in [0, 0.05) is 23.7 Å². The number of anilines is 1. The first-order chi connectivity index (χ1) is 15.3. The zero-order valence-corrected chi connectivity index (χ0v) is 18.6. The first kappa shape index (κ1) is 21.6. The van der Waals surface area contributed by atoms with Crippen LogP contribution < -0.4 is 19.9 Å². The summed E-state index contributed by atoms with van der Waals surface area (Å²) in [5, 5.41) is 1.27. The number of carbonyl (C=O) groups excluding carboxylic acids is 2. The highest BCUT2D eigenvalue weighted by molar-refractivity contribution is 6.03. The van der Waals surface area contributed by atoms with Gasteiger partial charge in [-0.3, -0.25) is 14.4 Å². The Morgan fingerprint density at radius 2 is 1.88 bits per heavy atom. The molecule has 1 amide bonds. The maximum Gasteiger partial charge on any atom is 0.265 e. The van der Waals surface area contributed by atoms with E-state index in [0.29, 0.717) is 34.7 Å². The lowest BCUT2D eigenvalue weighted by atomic mass is 10.0. The van der Waals surface area contributed by atoms with Gasteiger partial charge >= 0.3 is 0 Å². The van der Waals surface area contributed by atoms with E-state index in [1.54, 1.807) is 48.4 Å². The summed E-state index contributed by atoms with van der Waals surface area (Å²) in [6.07, 6.45) is 1.67. The number of pyridine rings is 1. The van der Waals surface area contributed by atoms with E-state index in [2.05, 4.69) is 0 Å². The minimum absolute atomic E-state index is 0.0130. The van der Waals surface area contributed by atoms with E-state index in [1.807, 2.05) is 32.9 Å². The van der Waals surface area contributed by atoms with Crippen molar-refractivity contribution in [1.82, 2.24) is 4.57 Å². The van der Waals surface area contributed by atoms with E-state index >= 15 is 0 Å². The highest BCUT2D eigenvalue weighted by atomic mass is 16.5. The Labute approximate surface area is 186 Å². The summed E-state index contributed by atoms with van der Waals surface area (Å²) in [4.78, 5) is 40.1. The third-order valence-electron chi connectivity index (χ3n) is 5.57. The van der Waals surface area contributed by atoms with Crippen LogP contribution in [0.15, 0.2) is 53.5 Å². The summed E-state index contributed by atoms with van der Waals surface area (Å²) in [6, 6.07) is 11.4. The fourth-order valence-electron chi connectivity index (χ4n) is 3.96. The SMILES string of the molecule is CCN1C(=O)COc2ccc(C(=O)C(C)n3ccc4cc(OC(C)C)ccc4c3=O)cc21. The quantitative estimate of drug-likeness (QED) is 0.549. The average Bonchev–Trinajstić information content (AvgIpc) is 2.77. The lowest BCUT2D eigenvalue weighted by Gasteiger charge is -2.28. The van der Waals surface area contributed by atoms with Gasteiger partial charge in [-0.05, 0) is 75.5 Å². The fourth-order valence-corrected chi connectivity index (χ4v) is 3.96. The van der Waals surface area contributed by atoms with Crippen LogP contribution in [0.4, 0.5) is 5.69 Å². The molecule has 2 aromatic carbocycles. The molecule has 166 valence electrons. The topological polar surface area (TPSA) is 77.8 Å². The second-order valence-electron chi connectivity index (χ2n) is 8.09. The Balaban J connectivity index is 1.67. The Kier molecular flexibility index (Phi) is 5.74. The maximum atomic E-state index is 13.2. The number of hydrogen-bond acceptors (Lipinski definition) is 5. The number of aromatic nitrogens is 1. The van der Waals surface area contributed by atoms with E-state index in [4.69, 9.17) is 9.47 Å². The van der Waals surface area contributed by atoms with Gasteiger partial charge in [-0.15, -0.1) is 0 Å². The van der Waals surface area contributed by atoms with Crippen LogP contribution in [0.3, 0.4) is 0 Å². The summed E-state index contributed by atoms with van der Waals surface area (Å²) in [5.74, 6) is 0.894. The molecule has 1 aliphatic rings. The monoisotopic (exact) mass is 434 g/mol. The maximum absolute atomic E-state index is 13.2. The Morgan fingerprint density at radius 3 is 2.59 bits per heavy atom. The molecule has 1 aliphatic heterocycles. The third kappa shape index (κ3) is 3.86. The molecule has 0 bridgehead atoms. The molecule has 7 nitrogen and oxygen atoms in total. The molecule has 1 atom stereocenters. The molecule has 32 heavy (non-hydrogen) atoms. The number of fused-ring (bicyclic) bond motifs is 2. The number of benzene rings is 2. The van der Waals surface area contributed by atoms with Crippen LogP contribution in [0.25, 0.3) is 10.8 Å². The van der Waals surface area contributed by atoms with Gasteiger partial charge in [0.15, 0.2) is 12.4 Å². The molecule has 0 radical (unpaired) electrons. The van der Waals surface area contributed by atoms with Gasteiger partial charge in [0.05, 0.1) is 17.8 Å². The number of hydrogen-bond donors (Lipinski definition) is 0. The van der Waals surface area contributed by atoms with Crippen LogP contribution in [0.1, 0.15) is 44.1 Å². The minimum atomic E-state index is -0.716. The molecule has 1 aromatic heterocycles. The van der Waals surface area contributed by atoms with Crippen LogP contribution in [-0.2, 0) is 4.79 Å². The molecule has 0 N–H and O–H groups in total. The van der Waals surface area contributed by atoms with E-state index in [9.17, 15) is 14.4 Å². The first-order valence-corrected chi connectivity index (χ1v) is 10.7. The molecule has 7 heteroatoms. The number of Topliss-reactive ketones (excluding diaryl/α,β-unsaturated/α-hetero) is 1. The van der Waals surface area contributed by atoms with Crippen molar-refractivity contribution in [3.05, 3.63) is 64.6 Å². The average molecular weight is 434 g/mol. The van der Waals surface area contributed by atoms with Crippen LogP contribution in [0.5, 0.6) is 11.5 Å².